The highest BCUT2D eigenvalue weighted by atomic mass is 79.9. The van der Waals surface area contributed by atoms with E-state index in [0.29, 0.717) is 5.02 Å². The van der Waals surface area contributed by atoms with E-state index in [2.05, 4.69) is 15.9 Å². The number of hydrogen-bond acceptors (Lipinski definition) is 2. The number of rotatable bonds is 4. The predicted octanol–water partition coefficient (Wildman–Crippen LogP) is 5.09. The Morgan fingerprint density at radius 3 is 2.60 bits per heavy atom. The molecule has 106 valence electrons. The van der Waals surface area contributed by atoms with Gasteiger partial charge in [0.1, 0.15) is 11.5 Å². The summed E-state index contributed by atoms with van der Waals surface area (Å²) in [4.78, 5) is 0. The first-order chi connectivity index (χ1) is 9.45. The third-order valence-electron chi connectivity index (χ3n) is 2.88. The zero-order valence-electron chi connectivity index (χ0n) is 11.5. The maximum atomic E-state index is 6.06. The molecule has 0 aliphatic rings. The standard InChI is InChI=1S/C16H17BrClNO/c1-10-3-6-15(14(17)7-10)20-16-9-13(18)5-4-12(16)8-11(2)19/h3-7,9,11H,8,19H2,1-2H3. The lowest BCUT2D eigenvalue weighted by Crippen LogP contribution is -2.18. The monoisotopic (exact) mass is 353 g/mol. The fourth-order valence-electron chi connectivity index (χ4n) is 1.95. The molecule has 0 bridgehead atoms. The Bertz CT molecular complexity index is 613. The van der Waals surface area contributed by atoms with Gasteiger partial charge in [-0.25, -0.2) is 0 Å². The minimum atomic E-state index is 0.0694. The second-order valence-electron chi connectivity index (χ2n) is 4.97. The van der Waals surface area contributed by atoms with Crippen LogP contribution in [-0.2, 0) is 6.42 Å². The summed E-state index contributed by atoms with van der Waals surface area (Å²) in [5.41, 5.74) is 8.10. The van der Waals surface area contributed by atoms with E-state index in [0.717, 1.165) is 28.0 Å². The molecule has 2 N–H and O–H groups in total. The van der Waals surface area contributed by atoms with Crippen LogP contribution >= 0.6 is 27.5 Å². The predicted molar refractivity (Wildman–Crippen MR) is 87.8 cm³/mol. The van der Waals surface area contributed by atoms with Crippen molar-refractivity contribution in [1.29, 1.82) is 0 Å². The van der Waals surface area contributed by atoms with Crippen LogP contribution in [0.25, 0.3) is 0 Å². The van der Waals surface area contributed by atoms with Crippen molar-refractivity contribution in [2.24, 2.45) is 5.73 Å². The van der Waals surface area contributed by atoms with Gasteiger partial charge in [-0.2, -0.15) is 0 Å². The van der Waals surface area contributed by atoms with Crippen molar-refractivity contribution in [3.05, 3.63) is 57.0 Å². The van der Waals surface area contributed by atoms with Crippen molar-refractivity contribution in [3.8, 4) is 11.5 Å². The number of nitrogens with two attached hydrogens (primary N) is 1. The lowest BCUT2D eigenvalue weighted by Gasteiger charge is -2.14. The molecule has 2 aromatic carbocycles. The van der Waals surface area contributed by atoms with E-state index < -0.39 is 0 Å². The van der Waals surface area contributed by atoms with Crippen molar-refractivity contribution in [1.82, 2.24) is 0 Å². The van der Waals surface area contributed by atoms with Gasteiger partial charge in [-0.15, -0.1) is 0 Å². The number of hydrogen-bond donors (Lipinski definition) is 1. The van der Waals surface area contributed by atoms with E-state index in [9.17, 15) is 0 Å². The molecule has 0 fully saturated rings. The van der Waals surface area contributed by atoms with Gasteiger partial charge in [-0.05, 0) is 71.6 Å². The Balaban J connectivity index is 2.34. The molecular weight excluding hydrogens is 338 g/mol. The molecule has 0 amide bonds. The molecule has 2 nitrogen and oxygen atoms in total. The summed E-state index contributed by atoms with van der Waals surface area (Å²) in [5.74, 6) is 1.52. The van der Waals surface area contributed by atoms with Crippen molar-refractivity contribution in [3.63, 3.8) is 0 Å². The second-order valence-corrected chi connectivity index (χ2v) is 6.26. The molecule has 0 aliphatic heterocycles. The lowest BCUT2D eigenvalue weighted by atomic mass is 10.1. The molecule has 2 aromatic rings. The molecule has 0 radical (unpaired) electrons. The SMILES string of the molecule is Cc1ccc(Oc2cc(Cl)ccc2CC(C)N)c(Br)c1. The highest BCUT2D eigenvalue weighted by Crippen LogP contribution is 2.34. The second kappa shape index (κ2) is 6.61. The quantitative estimate of drug-likeness (QED) is 0.829. The molecule has 0 saturated heterocycles. The third kappa shape index (κ3) is 3.98. The van der Waals surface area contributed by atoms with Gasteiger partial charge in [0.15, 0.2) is 0 Å². The Morgan fingerprint density at radius 2 is 1.95 bits per heavy atom. The van der Waals surface area contributed by atoms with Crippen LogP contribution in [0.2, 0.25) is 5.02 Å². The first kappa shape index (κ1) is 15.4. The molecule has 0 aliphatic carbocycles. The van der Waals surface area contributed by atoms with Gasteiger partial charge in [0.2, 0.25) is 0 Å². The highest BCUT2D eigenvalue weighted by Gasteiger charge is 2.10. The minimum absolute atomic E-state index is 0.0694. The normalized spacial score (nSPS) is 12.2. The molecule has 0 aromatic heterocycles. The fraction of sp³-hybridized carbons (Fsp3) is 0.250. The topological polar surface area (TPSA) is 35.2 Å². The van der Waals surface area contributed by atoms with E-state index >= 15 is 0 Å². The van der Waals surface area contributed by atoms with Crippen LogP contribution in [0.4, 0.5) is 0 Å². The van der Waals surface area contributed by atoms with Gasteiger partial charge in [0.25, 0.3) is 0 Å². The maximum absolute atomic E-state index is 6.06. The van der Waals surface area contributed by atoms with E-state index in [1.807, 2.05) is 50.2 Å². The average Bonchev–Trinajstić information content (AvgIpc) is 2.35. The minimum Gasteiger partial charge on any atom is -0.456 e. The molecule has 1 unspecified atom stereocenters. The lowest BCUT2D eigenvalue weighted by molar-refractivity contribution is 0.471. The molecule has 0 spiro atoms. The van der Waals surface area contributed by atoms with Crippen molar-refractivity contribution in [2.45, 2.75) is 26.3 Å². The van der Waals surface area contributed by atoms with Crippen molar-refractivity contribution in [2.75, 3.05) is 0 Å². The molecule has 0 saturated carbocycles. The van der Waals surface area contributed by atoms with Crippen LogP contribution in [0.3, 0.4) is 0 Å². The Labute approximate surface area is 133 Å². The zero-order chi connectivity index (χ0) is 14.7. The van der Waals surface area contributed by atoms with E-state index in [4.69, 9.17) is 22.1 Å². The zero-order valence-corrected chi connectivity index (χ0v) is 13.8. The summed E-state index contributed by atoms with van der Waals surface area (Å²) < 4.78 is 6.91. The van der Waals surface area contributed by atoms with Crippen molar-refractivity contribution >= 4 is 27.5 Å². The number of ether oxygens (including phenoxy) is 1. The van der Waals surface area contributed by atoms with Crippen LogP contribution in [0, 0.1) is 6.92 Å². The summed E-state index contributed by atoms with van der Waals surface area (Å²) in [5, 5.41) is 0.650. The van der Waals surface area contributed by atoms with E-state index in [1.165, 1.54) is 5.56 Å². The summed E-state index contributed by atoms with van der Waals surface area (Å²) in [7, 11) is 0. The van der Waals surface area contributed by atoms with Crippen LogP contribution in [-0.4, -0.2) is 6.04 Å². The molecule has 2 rings (SSSR count). The first-order valence-corrected chi connectivity index (χ1v) is 7.61. The van der Waals surface area contributed by atoms with Gasteiger partial charge in [-0.3, -0.25) is 0 Å². The summed E-state index contributed by atoms with van der Waals surface area (Å²) in [6.45, 7) is 4.01. The smallest absolute Gasteiger partial charge is 0.141 e. The molecule has 20 heavy (non-hydrogen) atoms. The largest absolute Gasteiger partial charge is 0.456 e. The average molecular weight is 355 g/mol. The van der Waals surface area contributed by atoms with Gasteiger partial charge < -0.3 is 10.5 Å². The van der Waals surface area contributed by atoms with E-state index in [1.54, 1.807) is 0 Å². The molecule has 0 heterocycles. The molecule has 1 atom stereocenters. The summed E-state index contributed by atoms with van der Waals surface area (Å²) >= 11 is 9.58. The van der Waals surface area contributed by atoms with Crippen LogP contribution in [0.15, 0.2) is 40.9 Å². The molecular formula is C16H17BrClNO. The number of benzene rings is 2. The fourth-order valence-corrected chi connectivity index (χ4v) is 2.68. The van der Waals surface area contributed by atoms with Gasteiger partial charge in [0, 0.05) is 11.1 Å². The Hall–Kier alpha value is -1.03. The Morgan fingerprint density at radius 1 is 1.20 bits per heavy atom. The first-order valence-electron chi connectivity index (χ1n) is 6.43. The highest BCUT2D eigenvalue weighted by molar-refractivity contribution is 9.10. The van der Waals surface area contributed by atoms with Gasteiger partial charge in [-0.1, -0.05) is 23.7 Å². The summed E-state index contributed by atoms with van der Waals surface area (Å²) in [6, 6.07) is 11.7. The van der Waals surface area contributed by atoms with Crippen LogP contribution < -0.4 is 10.5 Å². The van der Waals surface area contributed by atoms with Gasteiger partial charge in [0.05, 0.1) is 4.47 Å². The van der Waals surface area contributed by atoms with Gasteiger partial charge >= 0.3 is 0 Å². The Kier molecular flexibility index (Phi) is 5.08. The third-order valence-corrected chi connectivity index (χ3v) is 3.73. The maximum Gasteiger partial charge on any atom is 0.141 e. The van der Waals surface area contributed by atoms with E-state index in [-0.39, 0.29) is 6.04 Å². The van der Waals surface area contributed by atoms with Crippen LogP contribution in [0.1, 0.15) is 18.1 Å². The number of halogens is 2. The molecule has 4 heteroatoms. The van der Waals surface area contributed by atoms with Crippen LogP contribution in [0.5, 0.6) is 11.5 Å². The number of aryl methyl sites for hydroxylation is 1. The summed E-state index contributed by atoms with van der Waals surface area (Å²) in [6.07, 6.45) is 0.746. The van der Waals surface area contributed by atoms with Crippen molar-refractivity contribution < 1.29 is 4.74 Å².